The Morgan fingerprint density at radius 1 is 1.48 bits per heavy atom. The maximum absolute atomic E-state index is 11.9. The third kappa shape index (κ3) is 2.61. The lowest BCUT2D eigenvalue weighted by atomic mass is 9.44. The van der Waals surface area contributed by atoms with Gasteiger partial charge in [0.1, 0.15) is 5.60 Å². The van der Waals surface area contributed by atoms with Crippen LogP contribution in [0.4, 0.5) is 0 Å². The Kier molecular flexibility index (Phi) is 4.19. The predicted molar refractivity (Wildman–Crippen MR) is 80.2 cm³/mol. The largest absolute Gasteiger partial charge is 0.464 e. The van der Waals surface area contributed by atoms with Crippen molar-refractivity contribution in [3.63, 3.8) is 0 Å². The molecule has 0 saturated heterocycles. The number of hydrogen-bond acceptors (Lipinski definition) is 5. The van der Waals surface area contributed by atoms with E-state index in [0.717, 1.165) is 6.42 Å². The zero-order valence-electron chi connectivity index (χ0n) is 13.6. The van der Waals surface area contributed by atoms with E-state index in [4.69, 9.17) is 4.74 Å². The SMILES string of the molecule is CCOC(=O)[C@H](N=C1C[C@H]2C[C@H](C2(C)C)[C@@]1(C)O)[C@@H](C)O. The van der Waals surface area contributed by atoms with E-state index in [-0.39, 0.29) is 17.9 Å². The number of aliphatic hydroxyl groups is 2. The second kappa shape index (κ2) is 5.36. The van der Waals surface area contributed by atoms with Crippen molar-refractivity contribution in [2.75, 3.05) is 6.61 Å². The predicted octanol–water partition coefficient (Wildman–Crippen LogP) is 1.56. The molecule has 2 bridgehead atoms. The van der Waals surface area contributed by atoms with Gasteiger partial charge >= 0.3 is 5.97 Å². The molecule has 3 saturated carbocycles. The number of ether oxygens (including phenoxy) is 1. The number of fused-ring (bicyclic) bond motifs is 2. The molecule has 3 aliphatic rings. The summed E-state index contributed by atoms with van der Waals surface area (Å²) in [5.74, 6) is 0.104. The van der Waals surface area contributed by atoms with E-state index >= 15 is 0 Å². The molecule has 120 valence electrons. The number of rotatable bonds is 4. The van der Waals surface area contributed by atoms with Gasteiger partial charge < -0.3 is 14.9 Å². The lowest BCUT2D eigenvalue weighted by molar-refractivity contribution is -0.147. The van der Waals surface area contributed by atoms with Crippen molar-refractivity contribution in [2.45, 2.75) is 65.2 Å². The van der Waals surface area contributed by atoms with Crippen LogP contribution in [0, 0.1) is 17.3 Å². The van der Waals surface area contributed by atoms with Gasteiger partial charge in [-0.05, 0) is 50.9 Å². The van der Waals surface area contributed by atoms with Crippen molar-refractivity contribution in [2.24, 2.45) is 22.2 Å². The zero-order chi connectivity index (χ0) is 16.0. The number of nitrogens with zero attached hydrogens (tertiary/aromatic N) is 1. The summed E-state index contributed by atoms with van der Waals surface area (Å²) < 4.78 is 4.97. The van der Waals surface area contributed by atoms with Crippen LogP contribution in [0.1, 0.15) is 47.5 Å². The van der Waals surface area contributed by atoms with Gasteiger partial charge in [-0.1, -0.05) is 13.8 Å². The molecular formula is C16H27NO4. The highest BCUT2D eigenvalue weighted by atomic mass is 16.5. The van der Waals surface area contributed by atoms with Gasteiger partial charge in [-0.2, -0.15) is 0 Å². The number of carbonyl (C=O) groups excluding carboxylic acids is 1. The maximum Gasteiger partial charge on any atom is 0.333 e. The second-order valence-corrected chi connectivity index (χ2v) is 7.17. The highest BCUT2D eigenvalue weighted by molar-refractivity contribution is 5.96. The van der Waals surface area contributed by atoms with Crippen LogP contribution in [0.3, 0.4) is 0 Å². The minimum atomic E-state index is -1.02. The number of aliphatic hydroxyl groups excluding tert-OH is 1. The summed E-state index contributed by atoms with van der Waals surface area (Å²) in [7, 11) is 0. The summed E-state index contributed by atoms with van der Waals surface area (Å²) in [5.41, 5.74) is -0.285. The number of aliphatic imine (C=N–C) groups is 1. The fraction of sp³-hybridized carbons (Fsp3) is 0.875. The van der Waals surface area contributed by atoms with Gasteiger partial charge in [-0.25, -0.2) is 4.79 Å². The van der Waals surface area contributed by atoms with E-state index in [9.17, 15) is 15.0 Å². The molecular weight excluding hydrogens is 270 g/mol. The van der Waals surface area contributed by atoms with Gasteiger partial charge in [0.15, 0.2) is 6.04 Å². The third-order valence-electron chi connectivity index (χ3n) is 5.45. The molecule has 0 aromatic rings. The topological polar surface area (TPSA) is 79.1 Å². The van der Waals surface area contributed by atoms with Crippen LogP contribution in [-0.4, -0.2) is 46.2 Å². The number of hydrogen-bond donors (Lipinski definition) is 2. The molecule has 0 aromatic heterocycles. The van der Waals surface area contributed by atoms with E-state index in [2.05, 4.69) is 18.8 Å². The normalized spacial score (nSPS) is 38.5. The summed E-state index contributed by atoms with van der Waals surface area (Å²) in [6.45, 7) is 9.62. The molecule has 2 N–H and O–H groups in total. The molecule has 5 heteroatoms. The first-order valence-electron chi connectivity index (χ1n) is 7.76. The number of esters is 1. The van der Waals surface area contributed by atoms with Crippen LogP contribution in [0.2, 0.25) is 0 Å². The quantitative estimate of drug-likeness (QED) is 0.772. The molecule has 5 nitrogen and oxygen atoms in total. The first-order valence-corrected chi connectivity index (χ1v) is 7.76. The van der Waals surface area contributed by atoms with E-state index in [0.29, 0.717) is 18.1 Å². The summed E-state index contributed by atoms with van der Waals surface area (Å²) in [6, 6.07) is -0.952. The van der Waals surface area contributed by atoms with Gasteiger partial charge in [0, 0.05) is 5.71 Å². The van der Waals surface area contributed by atoms with E-state index in [1.54, 1.807) is 13.8 Å². The lowest BCUT2D eigenvalue weighted by Gasteiger charge is -2.62. The Balaban J connectivity index is 2.26. The maximum atomic E-state index is 11.9. The summed E-state index contributed by atoms with van der Waals surface area (Å²) in [5, 5.41) is 20.7. The van der Waals surface area contributed by atoms with E-state index < -0.39 is 23.7 Å². The molecule has 3 fully saturated rings. The molecule has 0 radical (unpaired) electrons. The van der Waals surface area contributed by atoms with Gasteiger partial charge in [0.05, 0.1) is 12.7 Å². The Hall–Kier alpha value is -0.940. The minimum Gasteiger partial charge on any atom is -0.464 e. The average molecular weight is 297 g/mol. The molecule has 0 spiro atoms. The van der Waals surface area contributed by atoms with E-state index in [1.807, 2.05) is 0 Å². The molecule has 0 heterocycles. The summed E-state index contributed by atoms with van der Waals surface area (Å²) in [4.78, 5) is 16.3. The molecule has 0 amide bonds. The Bertz CT molecular complexity index is 453. The second-order valence-electron chi connectivity index (χ2n) is 7.17. The van der Waals surface area contributed by atoms with Gasteiger partial charge in [-0.3, -0.25) is 4.99 Å². The standard InChI is InChI=1S/C16H27NO4/c1-6-21-14(19)13(9(2)18)17-12-8-10-7-11(15(10,3)4)16(12,5)20/h9-11,13,18,20H,6-8H2,1-5H3/t9-,10-,11-,13-,16-/m1/s1. The molecule has 3 aliphatic carbocycles. The van der Waals surface area contributed by atoms with Gasteiger partial charge in [0.2, 0.25) is 0 Å². The van der Waals surface area contributed by atoms with Crippen molar-refractivity contribution >= 4 is 11.7 Å². The fourth-order valence-electron chi connectivity index (χ4n) is 3.89. The summed E-state index contributed by atoms with van der Waals surface area (Å²) in [6.07, 6.45) is 0.746. The molecule has 5 atom stereocenters. The first-order chi connectivity index (χ1) is 9.62. The number of carbonyl (C=O) groups is 1. The van der Waals surface area contributed by atoms with Crippen LogP contribution in [0.5, 0.6) is 0 Å². The Morgan fingerprint density at radius 2 is 2.10 bits per heavy atom. The highest BCUT2D eigenvalue weighted by Crippen LogP contribution is 2.61. The van der Waals surface area contributed by atoms with Crippen molar-refractivity contribution in [3.05, 3.63) is 0 Å². The van der Waals surface area contributed by atoms with Crippen LogP contribution in [0.15, 0.2) is 4.99 Å². The van der Waals surface area contributed by atoms with Gasteiger partial charge in [0.25, 0.3) is 0 Å². The van der Waals surface area contributed by atoms with Crippen molar-refractivity contribution in [3.8, 4) is 0 Å². The average Bonchev–Trinajstić information content (AvgIpc) is 2.35. The van der Waals surface area contributed by atoms with Crippen LogP contribution < -0.4 is 0 Å². The van der Waals surface area contributed by atoms with Crippen LogP contribution in [0.25, 0.3) is 0 Å². The zero-order valence-corrected chi connectivity index (χ0v) is 13.6. The molecule has 21 heavy (non-hydrogen) atoms. The van der Waals surface area contributed by atoms with E-state index in [1.165, 1.54) is 6.92 Å². The first kappa shape index (κ1) is 16.4. The summed E-state index contributed by atoms with van der Waals surface area (Å²) >= 11 is 0. The highest BCUT2D eigenvalue weighted by Gasteiger charge is 2.61. The smallest absolute Gasteiger partial charge is 0.333 e. The molecule has 0 unspecified atom stereocenters. The molecule has 0 aromatic carbocycles. The molecule has 3 rings (SSSR count). The lowest BCUT2D eigenvalue weighted by Crippen LogP contribution is -2.65. The monoisotopic (exact) mass is 297 g/mol. The van der Waals surface area contributed by atoms with Crippen molar-refractivity contribution < 1.29 is 19.7 Å². The van der Waals surface area contributed by atoms with Gasteiger partial charge in [-0.15, -0.1) is 0 Å². The van der Waals surface area contributed by atoms with Crippen molar-refractivity contribution in [1.82, 2.24) is 0 Å². The van der Waals surface area contributed by atoms with Crippen LogP contribution >= 0.6 is 0 Å². The van der Waals surface area contributed by atoms with Crippen molar-refractivity contribution in [1.29, 1.82) is 0 Å². The minimum absolute atomic E-state index is 0.104. The van der Waals surface area contributed by atoms with Crippen LogP contribution in [-0.2, 0) is 9.53 Å². The Labute approximate surface area is 126 Å². The third-order valence-corrected chi connectivity index (χ3v) is 5.45. The fourth-order valence-corrected chi connectivity index (χ4v) is 3.89. The molecule has 0 aliphatic heterocycles. The Morgan fingerprint density at radius 3 is 2.52 bits per heavy atom.